The van der Waals surface area contributed by atoms with Crippen molar-refractivity contribution in [3.63, 3.8) is 0 Å². The summed E-state index contributed by atoms with van der Waals surface area (Å²) in [7, 11) is 0. The van der Waals surface area contributed by atoms with E-state index in [-0.39, 0.29) is 10.8 Å². The Bertz CT molecular complexity index is 321. The molecule has 0 aromatic heterocycles. The summed E-state index contributed by atoms with van der Waals surface area (Å²) in [6, 6.07) is 0. The summed E-state index contributed by atoms with van der Waals surface area (Å²) in [6.45, 7) is 0. The molecule has 4 aliphatic rings. The van der Waals surface area contributed by atoms with Crippen LogP contribution in [0.25, 0.3) is 0 Å². The lowest BCUT2D eigenvalue weighted by molar-refractivity contribution is 0.258. The third kappa shape index (κ3) is 0.618. The maximum atomic E-state index is 6.52. The fraction of sp³-hybridized carbons (Fsp3) is 0.818. The maximum absolute atomic E-state index is 6.52. The Balaban J connectivity index is 1.84. The average molecular weight is 231 g/mol. The summed E-state index contributed by atoms with van der Waals surface area (Å²) < 4.78 is 5.12. The Kier molecular flexibility index (Phi) is 1.23. The Morgan fingerprint density at radius 1 is 1.00 bits per heavy atom. The zero-order valence-corrected chi connectivity index (χ0v) is 9.31. The van der Waals surface area contributed by atoms with E-state index in [0.29, 0.717) is 12.2 Å². The molecule has 0 unspecified atom stereocenters. The summed E-state index contributed by atoms with van der Waals surface area (Å²) in [5.41, 5.74) is 0.297. The monoisotopic (exact) mass is 230 g/mol. The summed E-state index contributed by atoms with van der Waals surface area (Å²) in [6.07, 6.45) is 9.67. The number of hydrogen-bond acceptors (Lipinski definition) is 1. The number of rotatable bonds is 0. The van der Waals surface area contributed by atoms with Crippen molar-refractivity contribution in [1.82, 2.24) is 0 Å². The number of alkyl halides is 2. The van der Waals surface area contributed by atoms with E-state index < -0.39 is 4.33 Å². The minimum absolute atomic E-state index is 0.148. The molecule has 0 bridgehead atoms. The number of allylic oxidation sites excluding steroid dienone is 2. The first-order chi connectivity index (χ1) is 6.63. The van der Waals surface area contributed by atoms with Crippen LogP contribution >= 0.6 is 23.2 Å². The van der Waals surface area contributed by atoms with Crippen molar-refractivity contribution in [2.75, 3.05) is 0 Å². The predicted octanol–water partition coefficient (Wildman–Crippen LogP) is 3.06. The first kappa shape index (κ1) is 8.43. The molecule has 2 saturated carbocycles. The van der Waals surface area contributed by atoms with Crippen LogP contribution in [0, 0.1) is 10.8 Å². The van der Waals surface area contributed by atoms with E-state index in [4.69, 9.17) is 27.9 Å². The Hall–Kier alpha value is 0.280. The number of ether oxygens (including phenoxy) is 1. The second-order valence-electron chi connectivity index (χ2n) is 5.24. The molecule has 0 aromatic rings. The van der Waals surface area contributed by atoms with Crippen LogP contribution in [0.4, 0.5) is 0 Å². The molecule has 1 nitrogen and oxygen atoms in total. The second-order valence-corrected chi connectivity index (χ2v) is 6.57. The number of fused-ring (bicyclic) bond motifs is 1. The predicted molar refractivity (Wildman–Crippen MR) is 55.6 cm³/mol. The minimum atomic E-state index is -0.486. The quantitative estimate of drug-likeness (QED) is 0.354. The Morgan fingerprint density at radius 3 is 2.00 bits per heavy atom. The van der Waals surface area contributed by atoms with Crippen molar-refractivity contribution in [2.24, 2.45) is 10.8 Å². The van der Waals surface area contributed by atoms with E-state index in [2.05, 4.69) is 12.2 Å². The molecule has 1 heterocycles. The van der Waals surface area contributed by atoms with Crippen LogP contribution < -0.4 is 0 Å². The number of halogens is 2. The first-order valence-corrected chi connectivity index (χ1v) is 6.07. The molecule has 0 aromatic carbocycles. The fourth-order valence-electron chi connectivity index (χ4n) is 4.00. The van der Waals surface area contributed by atoms with Gasteiger partial charge in [0, 0.05) is 10.8 Å². The van der Waals surface area contributed by atoms with Gasteiger partial charge in [0.05, 0.1) is 12.2 Å². The molecule has 0 spiro atoms. The van der Waals surface area contributed by atoms with Crippen molar-refractivity contribution in [1.29, 1.82) is 0 Å². The molecule has 4 rings (SSSR count). The lowest BCUT2D eigenvalue weighted by Gasteiger charge is -2.27. The van der Waals surface area contributed by atoms with Crippen LogP contribution in [0.3, 0.4) is 0 Å². The molecular formula is C11H12Cl2O. The summed E-state index contributed by atoms with van der Waals surface area (Å²) in [4.78, 5) is 0. The highest BCUT2D eigenvalue weighted by molar-refractivity contribution is 6.52. The molecule has 14 heavy (non-hydrogen) atoms. The highest BCUT2D eigenvalue weighted by atomic mass is 35.5. The molecule has 3 aliphatic carbocycles. The van der Waals surface area contributed by atoms with Gasteiger partial charge < -0.3 is 4.74 Å². The number of epoxide rings is 1. The third-order valence-corrected chi connectivity index (χ3v) is 6.39. The van der Waals surface area contributed by atoms with Crippen LogP contribution in [0.2, 0.25) is 0 Å². The van der Waals surface area contributed by atoms with Gasteiger partial charge in [-0.1, -0.05) is 12.2 Å². The molecule has 4 atom stereocenters. The van der Waals surface area contributed by atoms with E-state index in [1.54, 1.807) is 0 Å². The lowest BCUT2D eigenvalue weighted by atomic mass is 9.73. The van der Waals surface area contributed by atoms with Gasteiger partial charge in [-0.05, 0) is 25.7 Å². The van der Waals surface area contributed by atoms with E-state index >= 15 is 0 Å². The van der Waals surface area contributed by atoms with Crippen molar-refractivity contribution in [2.45, 2.75) is 42.2 Å². The van der Waals surface area contributed by atoms with Crippen molar-refractivity contribution >= 4 is 23.2 Å². The standard InChI is InChI=1S/C11H12Cl2O/c12-11(13)9-3-1-2-4-10(9,11)6-8-7(5-9)14-8/h1-2,7-8H,3-6H2/t7-,8+,9+,10-. The van der Waals surface area contributed by atoms with Gasteiger partial charge in [0.25, 0.3) is 0 Å². The average Bonchev–Trinajstić information content (AvgIpc) is 2.98. The molecule has 0 radical (unpaired) electrons. The van der Waals surface area contributed by atoms with Crippen LogP contribution in [0.5, 0.6) is 0 Å². The molecule has 0 amide bonds. The maximum Gasteiger partial charge on any atom is 0.131 e. The summed E-state index contributed by atoms with van der Waals surface area (Å²) >= 11 is 13.0. The fourth-order valence-corrected chi connectivity index (χ4v) is 5.24. The Labute approximate surface area is 93.4 Å². The van der Waals surface area contributed by atoms with E-state index in [1.165, 1.54) is 0 Å². The normalized spacial score (nSPS) is 61.0. The minimum Gasteiger partial charge on any atom is -0.370 e. The Morgan fingerprint density at radius 2 is 1.50 bits per heavy atom. The molecule has 76 valence electrons. The third-order valence-electron chi connectivity index (χ3n) is 4.94. The van der Waals surface area contributed by atoms with Gasteiger partial charge in [-0.15, -0.1) is 23.2 Å². The van der Waals surface area contributed by atoms with Crippen molar-refractivity contribution < 1.29 is 4.74 Å². The van der Waals surface area contributed by atoms with Crippen LogP contribution in [-0.2, 0) is 4.74 Å². The molecule has 3 heteroatoms. The summed E-state index contributed by atoms with van der Waals surface area (Å²) in [5, 5.41) is 0. The van der Waals surface area contributed by atoms with Gasteiger partial charge >= 0.3 is 0 Å². The molecule has 1 aliphatic heterocycles. The zero-order valence-electron chi connectivity index (χ0n) is 7.80. The molecule has 1 saturated heterocycles. The van der Waals surface area contributed by atoms with Crippen LogP contribution in [0.15, 0.2) is 12.2 Å². The molecular weight excluding hydrogens is 219 g/mol. The SMILES string of the molecule is ClC1(Cl)[C@@]23CC=CC[C@@]12C[C@H]1O[C@H]1C3. The van der Waals surface area contributed by atoms with E-state index in [1.807, 2.05) is 0 Å². The zero-order chi connectivity index (χ0) is 9.60. The molecule has 3 fully saturated rings. The second kappa shape index (κ2) is 2.05. The van der Waals surface area contributed by atoms with Crippen LogP contribution in [0.1, 0.15) is 25.7 Å². The van der Waals surface area contributed by atoms with Gasteiger partial charge in [-0.25, -0.2) is 0 Å². The molecule has 0 N–H and O–H groups in total. The van der Waals surface area contributed by atoms with Gasteiger partial charge in [0.1, 0.15) is 4.33 Å². The largest absolute Gasteiger partial charge is 0.370 e. The number of hydrogen-bond donors (Lipinski definition) is 0. The van der Waals surface area contributed by atoms with Crippen molar-refractivity contribution in [3.8, 4) is 0 Å². The van der Waals surface area contributed by atoms with Crippen LogP contribution in [-0.4, -0.2) is 16.5 Å². The van der Waals surface area contributed by atoms with E-state index in [9.17, 15) is 0 Å². The lowest BCUT2D eigenvalue weighted by Crippen LogP contribution is -2.25. The summed E-state index contributed by atoms with van der Waals surface area (Å²) in [5.74, 6) is 0. The van der Waals surface area contributed by atoms with Gasteiger partial charge in [-0.2, -0.15) is 0 Å². The van der Waals surface area contributed by atoms with Gasteiger partial charge in [0.15, 0.2) is 0 Å². The smallest absolute Gasteiger partial charge is 0.131 e. The van der Waals surface area contributed by atoms with E-state index in [0.717, 1.165) is 25.7 Å². The highest BCUT2D eigenvalue weighted by Crippen LogP contribution is 2.88. The van der Waals surface area contributed by atoms with Gasteiger partial charge in [-0.3, -0.25) is 0 Å². The highest BCUT2D eigenvalue weighted by Gasteiger charge is 2.88. The van der Waals surface area contributed by atoms with Gasteiger partial charge in [0.2, 0.25) is 0 Å². The van der Waals surface area contributed by atoms with Crippen molar-refractivity contribution in [3.05, 3.63) is 12.2 Å². The first-order valence-electron chi connectivity index (χ1n) is 5.31. The topological polar surface area (TPSA) is 12.5 Å².